The molecular weight excluding hydrogens is 239 g/mol. The van der Waals surface area contributed by atoms with E-state index in [1.165, 1.54) is 12.1 Å². The Kier molecular flexibility index (Phi) is 3.82. The van der Waals surface area contributed by atoms with Crippen LogP contribution in [0, 0.1) is 17.7 Å². The minimum absolute atomic E-state index is 0.172. The summed E-state index contributed by atoms with van der Waals surface area (Å²) in [5.41, 5.74) is 0.734. The molecule has 0 saturated heterocycles. The van der Waals surface area contributed by atoms with Gasteiger partial charge in [0.25, 0.3) is 0 Å². The van der Waals surface area contributed by atoms with Crippen molar-refractivity contribution in [2.45, 2.75) is 32.6 Å². The zero-order valence-electron chi connectivity index (χ0n) is 9.88. The van der Waals surface area contributed by atoms with Gasteiger partial charge in [0.2, 0.25) is 0 Å². The van der Waals surface area contributed by atoms with Crippen molar-refractivity contribution < 1.29 is 9.18 Å². The summed E-state index contributed by atoms with van der Waals surface area (Å²) in [6, 6.07) is 4.22. The van der Waals surface area contributed by atoms with Crippen molar-refractivity contribution in [2.24, 2.45) is 11.8 Å². The fraction of sp³-hybridized carbons (Fsp3) is 0.500. The van der Waals surface area contributed by atoms with Crippen LogP contribution in [0.2, 0.25) is 5.02 Å². The van der Waals surface area contributed by atoms with E-state index in [4.69, 9.17) is 11.6 Å². The lowest BCUT2D eigenvalue weighted by Crippen LogP contribution is -2.14. The molecule has 0 heterocycles. The smallest absolute Gasteiger partial charge is 0.140 e. The second-order valence-electron chi connectivity index (χ2n) is 4.99. The molecule has 0 aliphatic heterocycles. The maximum Gasteiger partial charge on any atom is 0.140 e. The molecule has 0 amide bonds. The molecule has 1 saturated carbocycles. The minimum Gasteiger partial charge on any atom is -0.299 e. The van der Waals surface area contributed by atoms with Crippen molar-refractivity contribution in [3.63, 3.8) is 0 Å². The number of hydrogen-bond acceptors (Lipinski definition) is 1. The van der Waals surface area contributed by atoms with E-state index in [0.717, 1.165) is 24.8 Å². The van der Waals surface area contributed by atoms with Gasteiger partial charge in [0.05, 0.1) is 0 Å². The SMILES string of the molecule is CC1CCC(C(=O)Cc2ccc(F)cc2Cl)C1. The number of rotatable bonds is 3. The average molecular weight is 255 g/mol. The summed E-state index contributed by atoms with van der Waals surface area (Å²) < 4.78 is 12.9. The summed E-state index contributed by atoms with van der Waals surface area (Å²) >= 11 is 5.92. The molecule has 1 nitrogen and oxygen atoms in total. The number of halogens is 2. The topological polar surface area (TPSA) is 17.1 Å². The maximum atomic E-state index is 12.9. The molecule has 2 unspecified atom stereocenters. The van der Waals surface area contributed by atoms with Gasteiger partial charge in [0.1, 0.15) is 11.6 Å². The van der Waals surface area contributed by atoms with Crippen LogP contribution in [-0.4, -0.2) is 5.78 Å². The van der Waals surface area contributed by atoms with Gasteiger partial charge in [-0.25, -0.2) is 4.39 Å². The van der Waals surface area contributed by atoms with Crippen molar-refractivity contribution in [1.82, 2.24) is 0 Å². The van der Waals surface area contributed by atoms with Gasteiger partial charge in [-0.05, 0) is 42.9 Å². The highest BCUT2D eigenvalue weighted by molar-refractivity contribution is 6.31. The monoisotopic (exact) mass is 254 g/mol. The molecule has 0 N–H and O–H groups in total. The Balaban J connectivity index is 2.03. The second-order valence-corrected chi connectivity index (χ2v) is 5.40. The molecule has 1 aliphatic carbocycles. The van der Waals surface area contributed by atoms with Crippen LogP contribution in [0.1, 0.15) is 31.7 Å². The number of carbonyl (C=O) groups excluding carboxylic acids is 1. The lowest BCUT2D eigenvalue weighted by Gasteiger charge is -2.09. The fourth-order valence-corrected chi connectivity index (χ4v) is 2.73. The van der Waals surface area contributed by atoms with E-state index < -0.39 is 0 Å². The van der Waals surface area contributed by atoms with Crippen molar-refractivity contribution in [3.05, 3.63) is 34.6 Å². The molecule has 1 fully saturated rings. The van der Waals surface area contributed by atoms with Gasteiger partial charge in [0.15, 0.2) is 0 Å². The van der Waals surface area contributed by atoms with Crippen LogP contribution in [0.15, 0.2) is 18.2 Å². The molecule has 1 aliphatic rings. The maximum absolute atomic E-state index is 12.9. The van der Waals surface area contributed by atoms with E-state index in [2.05, 4.69) is 6.92 Å². The Hall–Kier alpha value is -0.890. The van der Waals surface area contributed by atoms with E-state index in [-0.39, 0.29) is 17.5 Å². The van der Waals surface area contributed by atoms with Crippen LogP contribution in [0.5, 0.6) is 0 Å². The quantitative estimate of drug-likeness (QED) is 0.796. The molecule has 0 spiro atoms. The number of hydrogen-bond donors (Lipinski definition) is 0. The van der Waals surface area contributed by atoms with Crippen LogP contribution >= 0.6 is 11.6 Å². The van der Waals surface area contributed by atoms with Gasteiger partial charge in [-0.3, -0.25) is 4.79 Å². The number of carbonyl (C=O) groups is 1. The zero-order valence-corrected chi connectivity index (χ0v) is 10.6. The Morgan fingerprint density at radius 2 is 2.24 bits per heavy atom. The molecule has 0 bridgehead atoms. The number of Topliss-reactive ketones (excluding diaryl/α,β-unsaturated/α-hetero) is 1. The van der Waals surface area contributed by atoms with Crippen LogP contribution in [0.3, 0.4) is 0 Å². The van der Waals surface area contributed by atoms with Crippen molar-refractivity contribution in [1.29, 1.82) is 0 Å². The van der Waals surface area contributed by atoms with Crippen molar-refractivity contribution >= 4 is 17.4 Å². The Morgan fingerprint density at radius 3 is 2.82 bits per heavy atom. The van der Waals surface area contributed by atoms with Gasteiger partial charge in [-0.15, -0.1) is 0 Å². The standard InChI is InChI=1S/C14H16ClFO/c1-9-2-3-11(6-9)14(17)7-10-4-5-12(16)8-13(10)15/h4-5,8-9,11H,2-3,6-7H2,1H3. The predicted molar refractivity (Wildman–Crippen MR) is 66.6 cm³/mol. The highest BCUT2D eigenvalue weighted by atomic mass is 35.5. The first-order valence-corrected chi connectivity index (χ1v) is 6.40. The van der Waals surface area contributed by atoms with Gasteiger partial charge in [-0.2, -0.15) is 0 Å². The van der Waals surface area contributed by atoms with Crippen molar-refractivity contribution in [3.8, 4) is 0 Å². The highest BCUT2D eigenvalue weighted by Gasteiger charge is 2.27. The molecular formula is C14H16ClFO. The van der Waals surface area contributed by atoms with Gasteiger partial charge in [0, 0.05) is 17.4 Å². The lowest BCUT2D eigenvalue weighted by atomic mass is 9.96. The molecule has 3 heteroatoms. The van der Waals surface area contributed by atoms with Crippen LogP contribution in [0.25, 0.3) is 0 Å². The Morgan fingerprint density at radius 1 is 1.47 bits per heavy atom. The molecule has 2 rings (SSSR count). The lowest BCUT2D eigenvalue weighted by molar-refractivity contribution is -0.122. The number of ketones is 1. The Bertz CT molecular complexity index is 430. The number of benzene rings is 1. The van der Waals surface area contributed by atoms with Crippen LogP contribution in [0.4, 0.5) is 4.39 Å². The predicted octanol–water partition coefficient (Wildman–Crippen LogP) is 4.03. The first-order valence-electron chi connectivity index (χ1n) is 6.03. The average Bonchev–Trinajstić information content (AvgIpc) is 2.69. The summed E-state index contributed by atoms with van der Waals surface area (Å²) in [7, 11) is 0. The van der Waals surface area contributed by atoms with E-state index in [1.807, 2.05) is 0 Å². The normalized spacial score (nSPS) is 23.9. The summed E-state index contributed by atoms with van der Waals surface area (Å²) in [5, 5.41) is 0.351. The molecule has 92 valence electrons. The molecule has 0 aromatic heterocycles. The summed E-state index contributed by atoms with van der Waals surface area (Å²) in [6.45, 7) is 2.18. The largest absolute Gasteiger partial charge is 0.299 e. The molecule has 17 heavy (non-hydrogen) atoms. The Labute approximate surface area is 106 Å². The third kappa shape index (κ3) is 3.06. The highest BCUT2D eigenvalue weighted by Crippen LogP contribution is 2.32. The summed E-state index contributed by atoms with van der Waals surface area (Å²) in [4.78, 5) is 12.0. The second kappa shape index (κ2) is 5.18. The molecule has 0 radical (unpaired) electrons. The summed E-state index contributed by atoms with van der Waals surface area (Å²) in [6.07, 6.45) is 3.43. The van der Waals surface area contributed by atoms with Crippen LogP contribution < -0.4 is 0 Å². The molecule has 2 atom stereocenters. The fourth-order valence-electron chi connectivity index (χ4n) is 2.50. The summed E-state index contributed by atoms with van der Waals surface area (Å²) in [5.74, 6) is 0.697. The van der Waals surface area contributed by atoms with E-state index in [1.54, 1.807) is 6.07 Å². The van der Waals surface area contributed by atoms with E-state index >= 15 is 0 Å². The molecule has 1 aromatic rings. The molecule has 1 aromatic carbocycles. The third-order valence-electron chi connectivity index (χ3n) is 3.53. The van der Waals surface area contributed by atoms with E-state index in [9.17, 15) is 9.18 Å². The minimum atomic E-state index is -0.360. The third-order valence-corrected chi connectivity index (χ3v) is 3.88. The van der Waals surface area contributed by atoms with Crippen LogP contribution in [-0.2, 0) is 11.2 Å². The van der Waals surface area contributed by atoms with Gasteiger partial charge in [-0.1, -0.05) is 24.6 Å². The first kappa shape index (κ1) is 12.6. The first-order chi connectivity index (χ1) is 8.06. The zero-order chi connectivity index (χ0) is 12.4. The van der Waals surface area contributed by atoms with Crippen molar-refractivity contribution in [2.75, 3.05) is 0 Å². The van der Waals surface area contributed by atoms with Gasteiger partial charge >= 0.3 is 0 Å². The van der Waals surface area contributed by atoms with E-state index in [0.29, 0.717) is 17.4 Å². The van der Waals surface area contributed by atoms with Gasteiger partial charge < -0.3 is 0 Å².